The van der Waals surface area contributed by atoms with Crippen molar-refractivity contribution in [3.63, 3.8) is 0 Å². The predicted molar refractivity (Wildman–Crippen MR) is 48.9 cm³/mol. The molecule has 0 aromatic heterocycles. The normalized spacial score (nSPS) is 11.8. The number of rotatable bonds is 7. The van der Waals surface area contributed by atoms with Crippen LogP contribution in [-0.2, 0) is 14.3 Å². The van der Waals surface area contributed by atoms with Gasteiger partial charge in [0.25, 0.3) is 0 Å². The second-order valence-corrected chi connectivity index (χ2v) is 2.99. The molecule has 0 heterocycles. The lowest BCUT2D eigenvalue weighted by Gasteiger charge is -2.08. The number of nitrogens with zero attached hydrogens (tertiary/aromatic N) is 1. The van der Waals surface area contributed by atoms with E-state index in [2.05, 4.69) is 4.74 Å². The summed E-state index contributed by atoms with van der Waals surface area (Å²) >= 11 is 0. The third-order valence-electron chi connectivity index (χ3n) is 1.63. The van der Waals surface area contributed by atoms with Crippen LogP contribution in [0, 0.1) is 16.0 Å². The molecule has 15 heavy (non-hydrogen) atoms. The van der Waals surface area contributed by atoms with E-state index in [-0.39, 0.29) is 13.0 Å². The molecule has 0 aromatic carbocycles. The van der Waals surface area contributed by atoms with E-state index < -0.39 is 35.7 Å². The van der Waals surface area contributed by atoms with Gasteiger partial charge in [0.1, 0.15) is 0 Å². The summed E-state index contributed by atoms with van der Waals surface area (Å²) in [5.74, 6) is -2.58. The van der Waals surface area contributed by atoms with E-state index in [4.69, 9.17) is 5.11 Å². The highest BCUT2D eigenvalue weighted by atomic mass is 16.6. The molecule has 0 aliphatic rings. The SMILES string of the molecule is CCOC(=O)C[C@H](CC(=O)O)C[N+](=O)[O-]. The zero-order valence-corrected chi connectivity index (χ0v) is 8.34. The molecule has 0 aromatic rings. The van der Waals surface area contributed by atoms with Gasteiger partial charge in [-0.25, -0.2) is 0 Å². The van der Waals surface area contributed by atoms with Crippen molar-refractivity contribution in [2.45, 2.75) is 19.8 Å². The first-order valence-electron chi connectivity index (χ1n) is 4.44. The van der Waals surface area contributed by atoms with Crippen LogP contribution in [0.3, 0.4) is 0 Å². The van der Waals surface area contributed by atoms with Crippen LogP contribution in [0.1, 0.15) is 19.8 Å². The molecule has 0 radical (unpaired) electrons. The summed E-state index contributed by atoms with van der Waals surface area (Å²) < 4.78 is 4.58. The molecular weight excluding hydrogens is 206 g/mol. The van der Waals surface area contributed by atoms with Crippen LogP contribution in [0.4, 0.5) is 0 Å². The number of ether oxygens (including phenoxy) is 1. The van der Waals surface area contributed by atoms with E-state index in [0.29, 0.717) is 0 Å². The number of carbonyl (C=O) groups excluding carboxylic acids is 1. The molecule has 1 N–H and O–H groups in total. The topological polar surface area (TPSA) is 107 Å². The van der Waals surface area contributed by atoms with Crippen molar-refractivity contribution in [2.24, 2.45) is 5.92 Å². The smallest absolute Gasteiger partial charge is 0.306 e. The second-order valence-electron chi connectivity index (χ2n) is 2.99. The van der Waals surface area contributed by atoms with Gasteiger partial charge in [0, 0.05) is 10.8 Å². The van der Waals surface area contributed by atoms with Crippen molar-refractivity contribution >= 4 is 11.9 Å². The molecule has 0 saturated heterocycles. The lowest BCUT2D eigenvalue weighted by molar-refractivity contribution is -0.488. The van der Waals surface area contributed by atoms with Crippen LogP contribution in [0.15, 0.2) is 0 Å². The summed E-state index contributed by atoms with van der Waals surface area (Å²) in [5.41, 5.74) is 0. The van der Waals surface area contributed by atoms with Crippen molar-refractivity contribution < 1.29 is 24.4 Å². The minimum Gasteiger partial charge on any atom is -0.481 e. The molecule has 0 spiro atoms. The van der Waals surface area contributed by atoms with Crippen LogP contribution in [0.5, 0.6) is 0 Å². The third-order valence-corrected chi connectivity index (χ3v) is 1.63. The van der Waals surface area contributed by atoms with Gasteiger partial charge >= 0.3 is 11.9 Å². The number of carboxylic acid groups (broad SMARTS) is 1. The first-order valence-corrected chi connectivity index (χ1v) is 4.44. The number of nitro groups is 1. The zero-order chi connectivity index (χ0) is 11.8. The predicted octanol–water partition coefficient (Wildman–Crippen LogP) is 0.307. The Kier molecular flexibility index (Phi) is 6.00. The summed E-state index contributed by atoms with van der Waals surface area (Å²) in [6.45, 7) is 1.25. The molecule has 1 atom stereocenters. The van der Waals surface area contributed by atoms with Gasteiger partial charge in [0.05, 0.1) is 19.4 Å². The minimum absolute atomic E-state index is 0.178. The van der Waals surface area contributed by atoms with Gasteiger partial charge in [0.2, 0.25) is 6.54 Å². The number of carbonyl (C=O) groups is 2. The van der Waals surface area contributed by atoms with Gasteiger partial charge in [-0.1, -0.05) is 0 Å². The lowest BCUT2D eigenvalue weighted by Crippen LogP contribution is -2.22. The van der Waals surface area contributed by atoms with Gasteiger partial charge in [-0.05, 0) is 6.92 Å². The van der Waals surface area contributed by atoms with Crippen molar-refractivity contribution in [3.8, 4) is 0 Å². The minimum atomic E-state index is -1.16. The summed E-state index contributed by atoms with van der Waals surface area (Å²) in [7, 11) is 0. The monoisotopic (exact) mass is 219 g/mol. The Hall–Kier alpha value is -1.66. The number of hydrogen-bond donors (Lipinski definition) is 1. The zero-order valence-electron chi connectivity index (χ0n) is 8.34. The average molecular weight is 219 g/mol. The Balaban J connectivity index is 4.16. The van der Waals surface area contributed by atoms with Gasteiger partial charge in [-0.2, -0.15) is 0 Å². The van der Waals surface area contributed by atoms with E-state index in [9.17, 15) is 19.7 Å². The first kappa shape index (κ1) is 13.3. The Bertz CT molecular complexity index is 236. The molecule has 0 rings (SSSR count). The fraction of sp³-hybridized carbons (Fsp3) is 0.750. The molecule has 7 nitrogen and oxygen atoms in total. The van der Waals surface area contributed by atoms with Gasteiger partial charge in [-0.15, -0.1) is 0 Å². The van der Waals surface area contributed by atoms with E-state index in [1.807, 2.05) is 0 Å². The van der Waals surface area contributed by atoms with Crippen LogP contribution >= 0.6 is 0 Å². The number of hydrogen-bond acceptors (Lipinski definition) is 5. The molecule has 86 valence electrons. The van der Waals surface area contributed by atoms with Crippen molar-refractivity contribution in [2.75, 3.05) is 13.2 Å². The van der Waals surface area contributed by atoms with E-state index >= 15 is 0 Å². The van der Waals surface area contributed by atoms with Crippen molar-refractivity contribution in [1.29, 1.82) is 0 Å². The average Bonchev–Trinajstić information content (AvgIpc) is 2.00. The molecule has 7 heteroatoms. The molecule has 0 bridgehead atoms. The quantitative estimate of drug-likeness (QED) is 0.375. The second kappa shape index (κ2) is 6.74. The number of esters is 1. The molecule has 0 aliphatic carbocycles. The van der Waals surface area contributed by atoms with Crippen LogP contribution in [-0.4, -0.2) is 35.1 Å². The summed E-state index contributed by atoms with van der Waals surface area (Å²) in [6, 6.07) is 0. The third kappa shape index (κ3) is 7.41. The maximum absolute atomic E-state index is 11.0. The summed E-state index contributed by atoms with van der Waals surface area (Å²) in [6.07, 6.45) is -0.638. The first-order chi connectivity index (χ1) is 6.95. The Morgan fingerprint density at radius 3 is 2.47 bits per heavy atom. The Morgan fingerprint density at radius 1 is 1.47 bits per heavy atom. The highest BCUT2D eigenvalue weighted by Crippen LogP contribution is 2.10. The van der Waals surface area contributed by atoms with Crippen LogP contribution in [0.25, 0.3) is 0 Å². The molecule has 0 fully saturated rings. The highest BCUT2D eigenvalue weighted by molar-refractivity contribution is 5.72. The Labute approximate surface area is 86.2 Å². The maximum atomic E-state index is 11.0. The fourth-order valence-electron chi connectivity index (χ4n) is 1.11. The van der Waals surface area contributed by atoms with Gasteiger partial charge in [-0.3, -0.25) is 19.7 Å². The molecule has 0 unspecified atom stereocenters. The van der Waals surface area contributed by atoms with E-state index in [1.54, 1.807) is 6.92 Å². The van der Waals surface area contributed by atoms with Crippen LogP contribution < -0.4 is 0 Å². The highest BCUT2D eigenvalue weighted by Gasteiger charge is 2.22. The van der Waals surface area contributed by atoms with Crippen LogP contribution in [0.2, 0.25) is 0 Å². The standard InChI is InChI=1S/C8H13NO6/c1-2-15-8(12)4-6(3-7(10)11)5-9(13)14/h6H,2-5H2,1H3,(H,10,11)/t6-/m0/s1. The Morgan fingerprint density at radius 2 is 2.07 bits per heavy atom. The van der Waals surface area contributed by atoms with Crippen molar-refractivity contribution in [3.05, 3.63) is 10.1 Å². The van der Waals surface area contributed by atoms with E-state index in [1.165, 1.54) is 0 Å². The molecular formula is C8H13NO6. The summed E-state index contributed by atoms with van der Waals surface area (Å²) in [5, 5.41) is 18.7. The van der Waals surface area contributed by atoms with Gasteiger partial charge < -0.3 is 9.84 Å². The number of aliphatic carboxylic acids is 1. The maximum Gasteiger partial charge on any atom is 0.306 e. The fourth-order valence-corrected chi connectivity index (χ4v) is 1.11. The molecule has 0 saturated carbocycles. The van der Waals surface area contributed by atoms with E-state index in [0.717, 1.165) is 0 Å². The molecule has 0 aliphatic heterocycles. The molecule has 0 amide bonds. The largest absolute Gasteiger partial charge is 0.481 e. The van der Waals surface area contributed by atoms with Gasteiger partial charge in [0.15, 0.2) is 0 Å². The summed E-state index contributed by atoms with van der Waals surface area (Å²) in [4.78, 5) is 30.9. The van der Waals surface area contributed by atoms with Crippen molar-refractivity contribution in [1.82, 2.24) is 0 Å². The number of carboxylic acids is 1. The lowest BCUT2D eigenvalue weighted by atomic mass is 10.0.